The zero-order chi connectivity index (χ0) is 12.3. The Morgan fingerprint density at radius 1 is 1.50 bits per heavy atom. The molecule has 1 heterocycles. The van der Waals surface area contributed by atoms with Gasteiger partial charge < -0.3 is 0 Å². The van der Waals surface area contributed by atoms with Crippen LogP contribution in [0.5, 0.6) is 0 Å². The highest BCUT2D eigenvalue weighted by atomic mass is 19.4. The number of hydrogen-bond acceptors (Lipinski definition) is 2. The third-order valence-corrected chi connectivity index (χ3v) is 2.21. The van der Waals surface area contributed by atoms with Crippen LogP contribution in [0.2, 0.25) is 0 Å². The second-order valence-electron chi connectivity index (χ2n) is 3.54. The van der Waals surface area contributed by atoms with Gasteiger partial charge in [0.2, 0.25) is 0 Å². The van der Waals surface area contributed by atoms with Crippen LogP contribution in [0.3, 0.4) is 0 Å². The molecule has 0 spiro atoms. The summed E-state index contributed by atoms with van der Waals surface area (Å²) in [5, 5.41) is 4.01. The van der Waals surface area contributed by atoms with E-state index in [0.29, 0.717) is 12.1 Å². The Labute approximate surface area is 91.3 Å². The van der Waals surface area contributed by atoms with Crippen LogP contribution in [0, 0.1) is 0 Å². The topological polar surface area (TPSA) is 34.9 Å². The van der Waals surface area contributed by atoms with Gasteiger partial charge in [-0.25, -0.2) is 0 Å². The molecule has 0 saturated carbocycles. The summed E-state index contributed by atoms with van der Waals surface area (Å²) in [6.45, 7) is 1.87. The molecular formula is C10H13F3N2O. The van der Waals surface area contributed by atoms with Crippen molar-refractivity contribution >= 4 is 5.78 Å². The van der Waals surface area contributed by atoms with Gasteiger partial charge in [0.15, 0.2) is 5.78 Å². The Kier molecular flexibility index (Phi) is 3.72. The highest BCUT2D eigenvalue weighted by Crippen LogP contribution is 2.22. The summed E-state index contributed by atoms with van der Waals surface area (Å²) in [5.74, 6) is -0.521. The van der Waals surface area contributed by atoms with Gasteiger partial charge in [0, 0.05) is 13.5 Å². The number of halogens is 3. The third-order valence-electron chi connectivity index (χ3n) is 2.21. The number of aromatic nitrogens is 2. The first-order valence-electron chi connectivity index (χ1n) is 4.96. The molecule has 0 aliphatic rings. The number of rotatable bonds is 4. The molecule has 0 amide bonds. The molecule has 0 aliphatic heterocycles. The monoisotopic (exact) mass is 234 g/mol. The molecule has 3 nitrogen and oxygen atoms in total. The van der Waals surface area contributed by atoms with Crippen LogP contribution in [0.15, 0.2) is 6.07 Å². The predicted octanol–water partition coefficient (Wildman–Crippen LogP) is 2.51. The molecule has 16 heavy (non-hydrogen) atoms. The van der Waals surface area contributed by atoms with Gasteiger partial charge in [0.1, 0.15) is 5.69 Å². The molecule has 1 aromatic rings. The first-order chi connectivity index (χ1) is 7.33. The summed E-state index contributed by atoms with van der Waals surface area (Å²) < 4.78 is 37.1. The third kappa shape index (κ3) is 3.36. The summed E-state index contributed by atoms with van der Waals surface area (Å²) in [4.78, 5) is 11.5. The Hall–Kier alpha value is -1.33. The fourth-order valence-corrected chi connectivity index (χ4v) is 1.34. The van der Waals surface area contributed by atoms with Gasteiger partial charge in [-0.3, -0.25) is 9.48 Å². The molecule has 90 valence electrons. The lowest BCUT2D eigenvalue weighted by molar-refractivity contribution is -0.133. The van der Waals surface area contributed by atoms with E-state index in [1.54, 1.807) is 13.1 Å². The van der Waals surface area contributed by atoms with E-state index in [-0.39, 0.29) is 5.69 Å². The second kappa shape index (κ2) is 4.67. The van der Waals surface area contributed by atoms with E-state index in [2.05, 4.69) is 5.10 Å². The van der Waals surface area contributed by atoms with E-state index in [1.807, 2.05) is 6.92 Å². The van der Waals surface area contributed by atoms with E-state index in [0.717, 1.165) is 0 Å². The summed E-state index contributed by atoms with van der Waals surface area (Å²) in [5.41, 5.74) is 0.943. The molecule has 0 atom stereocenters. The van der Waals surface area contributed by atoms with Crippen LogP contribution < -0.4 is 0 Å². The van der Waals surface area contributed by atoms with Crippen molar-refractivity contribution < 1.29 is 18.0 Å². The number of Topliss-reactive ketones (excluding diaryl/α,β-unsaturated/α-hetero) is 1. The number of ketones is 1. The lowest BCUT2D eigenvalue weighted by Gasteiger charge is -2.04. The minimum Gasteiger partial charge on any atom is -0.292 e. The molecule has 0 bridgehead atoms. The molecule has 0 aliphatic carbocycles. The normalized spacial score (nSPS) is 11.8. The first kappa shape index (κ1) is 12.7. The molecular weight excluding hydrogens is 221 g/mol. The van der Waals surface area contributed by atoms with Crippen molar-refractivity contribution in [3.63, 3.8) is 0 Å². The van der Waals surface area contributed by atoms with E-state index >= 15 is 0 Å². The van der Waals surface area contributed by atoms with Crippen molar-refractivity contribution in [3.8, 4) is 0 Å². The summed E-state index contributed by atoms with van der Waals surface area (Å²) in [6.07, 6.45) is -5.24. The van der Waals surface area contributed by atoms with Gasteiger partial charge in [-0.2, -0.15) is 18.3 Å². The van der Waals surface area contributed by atoms with Crippen LogP contribution in [0.4, 0.5) is 13.2 Å². The van der Waals surface area contributed by atoms with Crippen molar-refractivity contribution in [1.82, 2.24) is 9.78 Å². The minimum atomic E-state index is -4.29. The highest BCUT2D eigenvalue weighted by Gasteiger charge is 2.28. The maximum absolute atomic E-state index is 11.9. The molecule has 1 rings (SSSR count). The number of nitrogens with zero attached hydrogens (tertiary/aromatic N) is 2. The quantitative estimate of drug-likeness (QED) is 0.750. The minimum absolute atomic E-state index is 0.237. The van der Waals surface area contributed by atoms with Crippen LogP contribution in [0.1, 0.15) is 35.9 Å². The molecule has 1 aromatic heterocycles. The van der Waals surface area contributed by atoms with Gasteiger partial charge in [-0.15, -0.1) is 0 Å². The van der Waals surface area contributed by atoms with Gasteiger partial charge in [-0.05, 0) is 12.5 Å². The smallest absolute Gasteiger partial charge is 0.292 e. The zero-order valence-corrected chi connectivity index (χ0v) is 9.14. The fourth-order valence-electron chi connectivity index (χ4n) is 1.34. The number of hydrogen-bond donors (Lipinski definition) is 0. The van der Waals surface area contributed by atoms with Crippen LogP contribution in [-0.2, 0) is 13.5 Å². The Balaban J connectivity index is 2.69. The SMILES string of the molecule is CCc1cc(C(=O)CCC(F)(F)F)n(C)n1. The average Bonchev–Trinajstić information content (AvgIpc) is 2.55. The Morgan fingerprint density at radius 3 is 2.56 bits per heavy atom. The van der Waals surface area contributed by atoms with E-state index < -0.39 is 24.8 Å². The van der Waals surface area contributed by atoms with E-state index in [4.69, 9.17) is 0 Å². The highest BCUT2D eigenvalue weighted by molar-refractivity contribution is 5.94. The van der Waals surface area contributed by atoms with Crippen LogP contribution in [-0.4, -0.2) is 21.7 Å². The Morgan fingerprint density at radius 2 is 2.12 bits per heavy atom. The molecule has 0 radical (unpaired) electrons. The average molecular weight is 234 g/mol. The second-order valence-corrected chi connectivity index (χ2v) is 3.54. The largest absolute Gasteiger partial charge is 0.389 e. The van der Waals surface area contributed by atoms with Crippen molar-refractivity contribution in [1.29, 1.82) is 0 Å². The predicted molar refractivity (Wildman–Crippen MR) is 52.2 cm³/mol. The molecule has 6 heteroatoms. The van der Waals surface area contributed by atoms with Crippen LogP contribution in [0.25, 0.3) is 0 Å². The lowest BCUT2D eigenvalue weighted by atomic mass is 10.1. The molecule has 0 unspecified atom stereocenters. The summed E-state index contributed by atoms with van der Waals surface area (Å²) in [7, 11) is 1.56. The Bertz CT molecular complexity index is 382. The van der Waals surface area contributed by atoms with Crippen molar-refractivity contribution in [2.45, 2.75) is 32.4 Å². The summed E-state index contributed by atoms with van der Waals surface area (Å²) in [6, 6.07) is 1.54. The van der Waals surface area contributed by atoms with E-state index in [9.17, 15) is 18.0 Å². The van der Waals surface area contributed by atoms with Gasteiger partial charge in [0.25, 0.3) is 0 Å². The first-order valence-corrected chi connectivity index (χ1v) is 4.96. The fraction of sp³-hybridized carbons (Fsp3) is 0.600. The van der Waals surface area contributed by atoms with Gasteiger partial charge >= 0.3 is 6.18 Å². The van der Waals surface area contributed by atoms with Gasteiger partial charge in [0.05, 0.1) is 12.1 Å². The molecule has 0 aromatic carbocycles. The van der Waals surface area contributed by atoms with Crippen molar-refractivity contribution in [3.05, 3.63) is 17.5 Å². The molecule has 0 fully saturated rings. The number of carbonyl (C=O) groups excluding carboxylic acids is 1. The standard InChI is InChI=1S/C10H13F3N2O/c1-3-7-6-8(15(2)14-7)9(16)4-5-10(11,12)13/h6H,3-5H2,1-2H3. The number of aryl methyl sites for hydroxylation is 2. The zero-order valence-electron chi connectivity index (χ0n) is 9.14. The van der Waals surface area contributed by atoms with Crippen LogP contribution >= 0.6 is 0 Å². The number of alkyl halides is 3. The summed E-state index contributed by atoms with van der Waals surface area (Å²) >= 11 is 0. The lowest BCUT2D eigenvalue weighted by Crippen LogP contribution is -2.13. The van der Waals surface area contributed by atoms with Crippen molar-refractivity contribution in [2.24, 2.45) is 7.05 Å². The molecule has 0 N–H and O–H groups in total. The number of carbonyl (C=O) groups is 1. The molecule has 0 saturated heterocycles. The van der Waals surface area contributed by atoms with Crippen molar-refractivity contribution in [2.75, 3.05) is 0 Å². The van der Waals surface area contributed by atoms with E-state index in [1.165, 1.54) is 4.68 Å². The maximum Gasteiger partial charge on any atom is 0.389 e. The van der Waals surface area contributed by atoms with Gasteiger partial charge in [-0.1, -0.05) is 6.92 Å². The maximum atomic E-state index is 11.9.